The Bertz CT molecular complexity index is 412. The molecule has 1 amide bonds. The van der Waals surface area contributed by atoms with Gasteiger partial charge in [-0.25, -0.2) is 8.78 Å². The Kier molecular flexibility index (Phi) is 3.75. The monoisotopic (exact) mass is 210 g/mol. The number of amides is 1. The minimum atomic E-state index is -0.956. The summed E-state index contributed by atoms with van der Waals surface area (Å²) in [7, 11) is 0. The molecule has 0 heterocycles. The van der Waals surface area contributed by atoms with Crippen molar-refractivity contribution in [2.24, 2.45) is 0 Å². The van der Waals surface area contributed by atoms with E-state index < -0.39 is 17.5 Å². The highest BCUT2D eigenvalue weighted by atomic mass is 19.2. The fourth-order valence-electron chi connectivity index (χ4n) is 0.985. The minimum Gasteiger partial charge on any atom is -0.351 e. The van der Waals surface area contributed by atoms with E-state index in [1.807, 2.05) is 0 Å². The first-order valence-corrected chi connectivity index (χ1v) is 4.21. The lowest BCUT2D eigenvalue weighted by Crippen LogP contribution is -2.21. The molecule has 0 spiro atoms. The molecule has 1 rings (SSSR count). The molecule has 1 aromatic carbocycles. The van der Waals surface area contributed by atoms with Gasteiger partial charge in [-0.3, -0.25) is 4.79 Å². The van der Waals surface area contributed by atoms with Gasteiger partial charge in [-0.1, -0.05) is 6.07 Å². The Hall–Kier alpha value is -1.96. The SMILES string of the molecule is N#CCC(=O)NCc1ccc(F)c(F)c1. The van der Waals surface area contributed by atoms with Gasteiger partial charge >= 0.3 is 0 Å². The normalized spacial score (nSPS) is 9.40. The van der Waals surface area contributed by atoms with E-state index >= 15 is 0 Å². The molecule has 0 aliphatic heterocycles. The number of nitriles is 1. The average Bonchev–Trinajstić information content (AvgIpc) is 2.20. The molecule has 0 aliphatic rings. The molecular weight excluding hydrogens is 202 g/mol. The third kappa shape index (κ3) is 3.35. The number of nitrogens with one attached hydrogen (secondary N) is 1. The highest BCUT2D eigenvalue weighted by Crippen LogP contribution is 2.08. The highest BCUT2D eigenvalue weighted by Gasteiger charge is 2.04. The van der Waals surface area contributed by atoms with Gasteiger partial charge in [0, 0.05) is 6.54 Å². The molecule has 0 atom stereocenters. The number of halogens is 2. The van der Waals surface area contributed by atoms with Crippen molar-refractivity contribution >= 4 is 5.91 Å². The van der Waals surface area contributed by atoms with Gasteiger partial charge in [-0.2, -0.15) is 5.26 Å². The molecule has 0 saturated heterocycles. The summed E-state index contributed by atoms with van der Waals surface area (Å²) in [6.45, 7) is 0.0811. The van der Waals surface area contributed by atoms with Crippen LogP contribution in [0, 0.1) is 23.0 Å². The standard InChI is InChI=1S/C10H8F2N2O/c11-8-2-1-7(5-9(8)12)6-14-10(15)3-4-13/h1-2,5H,3,6H2,(H,14,15). The van der Waals surface area contributed by atoms with Crippen LogP contribution in [-0.4, -0.2) is 5.91 Å². The summed E-state index contributed by atoms with van der Waals surface area (Å²) in [6, 6.07) is 5.03. The lowest BCUT2D eigenvalue weighted by atomic mass is 10.2. The predicted octanol–water partition coefficient (Wildman–Crippen LogP) is 1.49. The van der Waals surface area contributed by atoms with E-state index in [9.17, 15) is 13.6 Å². The Morgan fingerprint density at radius 3 is 2.73 bits per heavy atom. The zero-order valence-electron chi connectivity index (χ0n) is 7.76. The van der Waals surface area contributed by atoms with Crippen LogP contribution in [0.5, 0.6) is 0 Å². The number of rotatable bonds is 3. The largest absolute Gasteiger partial charge is 0.351 e. The van der Waals surface area contributed by atoms with Crippen molar-refractivity contribution in [2.75, 3.05) is 0 Å². The summed E-state index contributed by atoms with van der Waals surface area (Å²) in [5, 5.41) is 10.6. The van der Waals surface area contributed by atoms with Gasteiger partial charge in [-0.05, 0) is 17.7 Å². The fourth-order valence-corrected chi connectivity index (χ4v) is 0.985. The van der Waals surface area contributed by atoms with Gasteiger partial charge in [0.15, 0.2) is 11.6 Å². The van der Waals surface area contributed by atoms with E-state index in [1.54, 1.807) is 6.07 Å². The first-order valence-electron chi connectivity index (χ1n) is 4.21. The lowest BCUT2D eigenvalue weighted by Gasteiger charge is -2.03. The van der Waals surface area contributed by atoms with Crippen LogP contribution < -0.4 is 5.32 Å². The molecule has 0 bridgehead atoms. The predicted molar refractivity (Wildman–Crippen MR) is 48.4 cm³/mol. The van der Waals surface area contributed by atoms with Crippen molar-refractivity contribution in [3.05, 3.63) is 35.4 Å². The summed E-state index contributed by atoms with van der Waals surface area (Å²) in [4.78, 5) is 10.9. The average molecular weight is 210 g/mol. The van der Waals surface area contributed by atoms with E-state index in [-0.39, 0.29) is 13.0 Å². The fraction of sp³-hybridized carbons (Fsp3) is 0.200. The number of hydrogen-bond donors (Lipinski definition) is 1. The second-order valence-electron chi connectivity index (χ2n) is 2.86. The van der Waals surface area contributed by atoms with E-state index in [4.69, 9.17) is 5.26 Å². The summed E-state index contributed by atoms with van der Waals surface area (Å²) in [5.74, 6) is -2.33. The molecule has 5 heteroatoms. The maximum atomic E-state index is 12.7. The van der Waals surface area contributed by atoms with Crippen LogP contribution in [0.3, 0.4) is 0 Å². The van der Waals surface area contributed by atoms with Crippen LogP contribution >= 0.6 is 0 Å². The number of benzene rings is 1. The molecule has 78 valence electrons. The van der Waals surface area contributed by atoms with E-state index in [1.165, 1.54) is 6.07 Å². The number of nitrogens with zero attached hydrogens (tertiary/aromatic N) is 1. The lowest BCUT2D eigenvalue weighted by molar-refractivity contribution is -0.120. The Morgan fingerprint density at radius 2 is 2.13 bits per heavy atom. The molecule has 0 radical (unpaired) electrons. The quantitative estimate of drug-likeness (QED) is 0.821. The second-order valence-corrected chi connectivity index (χ2v) is 2.86. The smallest absolute Gasteiger partial charge is 0.234 e. The van der Waals surface area contributed by atoms with Crippen molar-refractivity contribution < 1.29 is 13.6 Å². The summed E-state index contributed by atoms with van der Waals surface area (Å²) in [6.07, 6.45) is -0.246. The molecule has 0 aromatic heterocycles. The highest BCUT2D eigenvalue weighted by molar-refractivity contribution is 5.77. The molecule has 0 aliphatic carbocycles. The topological polar surface area (TPSA) is 52.9 Å². The molecule has 0 fully saturated rings. The summed E-state index contributed by atoms with van der Waals surface area (Å²) >= 11 is 0. The molecule has 0 unspecified atom stereocenters. The van der Waals surface area contributed by atoms with Gasteiger partial charge in [0.2, 0.25) is 5.91 Å². The second kappa shape index (κ2) is 5.05. The molecule has 15 heavy (non-hydrogen) atoms. The minimum absolute atomic E-state index is 0.0811. The van der Waals surface area contributed by atoms with Crippen molar-refractivity contribution in [3.63, 3.8) is 0 Å². The van der Waals surface area contributed by atoms with Crippen LogP contribution in [0.1, 0.15) is 12.0 Å². The van der Waals surface area contributed by atoms with Gasteiger partial charge in [0.1, 0.15) is 6.42 Å². The van der Waals surface area contributed by atoms with Crippen LogP contribution in [0.4, 0.5) is 8.78 Å². The van der Waals surface area contributed by atoms with Gasteiger partial charge < -0.3 is 5.32 Å². The van der Waals surface area contributed by atoms with Gasteiger partial charge in [0.05, 0.1) is 6.07 Å². The number of carbonyl (C=O) groups is 1. The van der Waals surface area contributed by atoms with Crippen molar-refractivity contribution in [2.45, 2.75) is 13.0 Å². The molecular formula is C10H8F2N2O. The number of hydrogen-bond acceptors (Lipinski definition) is 2. The maximum Gasteiger partial charge on any atom is 0.234 e. The Labute approximate surface area is 85.3 Å². The van der Waals surface area contributed by atoms with E-state index in [0.29, 0.717) is 5.56 Å². The first-order chi connectivity index (χ1) is 7.13. The van der Waals surface area contributed by atoms with Crippen LogP contribution in [0.15, 0.2) is 18.2 Å². The van der Waals surface area contributed by atoms with Crippen molar-refractivity contribution in [1.29, 1.82) is 5.26 Å². The zero-order valence-corrected chi connectivity index (χ0v) is 7.76. The van der Waals surface area contributed by atoms with E-state index in [0.717, 1.165) is 12.1 Å². The Balaban J connectivity index is 2.55. The van der Waals surface area contributed by atoms with Gasteiger partial charge in [0.25, 0.3) is 0 Å². The van der Waals surface area contributed by atoms with Crippen LogP contribution in [-0.2, 0) is 11.3 Å². The third-order valence-corrected chi connectivity index (χ3v) is 1.71. The molecule has 3 nitrogen and oxygen atoms in total. The number of carbonyl (C=O) groups excluding carboxylic acids is 1. The van der Waals surface area contributed by atoms with Gasteiger partial charge in [-0.15, -0.1) is 0 Å². The zero-order chi connectivity index (χ0) is 11.3. The Morgan fingerprint density at radius 1 is 1.40 bits per heavy atom. The van der Waals surface area contributed by atoms with Crippen LogP contribution in [0.25, 0.3) is 0 Å². The van der Waals surface area contributed by atoms with E-state index in [2.05, 4.69) is 5.32 Å². The summed E-state index contributed by atoms with van der Waals surface area (Å²) < 4.78 is 25.2. The summed E-state index contributed by atoms with van der Waals surface area (Å²) in [5.41, 5.74) is 0.445. The maximum absolute atomic E-state index is 12.7. The van der Waals surface area contributed by atoms with Crippen LogP contribution in [0.2, 0.25) is 0 Å². The molecule has 1 N–H and O–H groups in total. The molecule has 0 saturated carbocycles. The van der Waals surface area contributed by atoms with Crippen molar-refractivity contribution in [3.8, 4) is 6.07 Å². The third-order valence-electron chi connectivity index (χ3n) is 1.71. The van der Waals surface area contributed by atoms with Crippen molar-refractivity contribution in [1.82, 2.24) is 5.32 Å². The first kappa shape index (κ1) is 11.1. The molecule has 1 aromatic rings.